The summed E-state index contributed by atoms with van der Waals surface area (Å²) in [5.74, 6) is 1.36. The first-order valence-corrected chi connectivity index (χ1v) is 7.38. The van der Waals surface area contributed by atoms with E-state index in [9.17, 15) is 5.11 Å². The summed E-state index contributed by atoms with van der Waals surface area (Å²) in [6.45, 7) is 0.571. The summed E-state index contributed by atoms with van der Waals surface area (Å²) in [4.78, 5) is 0. The third-order valence-corrected chi connectivity index (χ3v) is 4.07. The van der Waals surface area contributed by atoms with E-state index in [1.165, 1.54) is 5.56 Å². The van der Waals surface area contributed by atoms with Crippen LogP contribution in [-0.2, 0) is 0 Å². The lowest BCUT2D eigenvalue weighted by molar-refractivity contribution is 0.173. The average Bonchev–Trinajstić information content (AvgIpc) is 3.33. The van der Waals surface area contributed by atoms with Gasteiger partial charge in [-0.05, 0) is 29.7 Å². The second-order valence-electron chi connectivity index (χ2n) is 5.56. The van der Waals surface area contributed by atoms with E-state index in [-0.39, 0.29) is 0 Å². The fourth-order valence-corrected chi connectivity index (χ4v) is 2.72. The minimum Gasteiger partial charge on any atom is -0.497 e. The zero-order chi connectivity index (χ0) is 14.7. The van der Waals surface area contributed by atoms with Gasteiger partial charge in [0.2, 0.25) is 0 Å². The van der Waals surface area contributed by atoms with Gasteiger partial charge < -0.3 is 15.2 Å². The largest absolute Gasteiger partial charge is 0.497 e. The molecular weight excluding hydrogens is 262 g/mol. The monoisotopic (exact) mass is 283 g/mol. The van der Waals surface area contributed by atoms with E-state index >= 15 is 0 Å². The minimum atomic E-state index is -0.503. The van der Waals surface area contributed by atoms with E-state index < -0.39 is 6.10 Å². The molecule has 2 aromatic rings. The highest BCUT2D eigenvalue weighted by atomic mass is 16.5. The standard InChI is InChI=1S/C18H21NO2/c1-21-15-9-5-8-14(10-15)18(20)12-19-17-11-16(17)13-6-3-2-4-7-13/h2-10,16-20H,11-12H2,1H3. The second kappa shape index (κ2) is 6.29. The van der Waals surface area contributed by atoms with E-state index in [1.54, 1.807) is 7.11 Å². The van der Waals surface area contributed by atoms with Gasteiger partial charge in [0, 0.05) is 18.5 Å². The number of benzene rings is 2. The fraction of sp³-hybridized carbons (Fsp3) is 0.333. The maximum absolute atomic E-state index is 10.3. The summed E-state index contributed by atoms with van der Waals surface area (Å²) in [5, 5.41) is 13.7. The van der Waals surface area contributed by atoms with Crippen LogP contribution in [0.4, 0.5) is 0 Å². The molecule has 3 nitrogen and oxygen atoms in total. The predicted octanol–water partition coefficient (Wildman–Crippen LogP) is 2.87. The fourth-order valence-electron chi connectivity index (χ4n) is 2.72. The molecule has 0 aromatic heterocycles. The molecule has 0 spiro atoms. The van der Waals surface area contributed by atoms with Crippen LogP contribution in [0.5, 0.6) is 5.75 Å². The van der Waals surface area contributed by atoms with Gasteiger partial charge in [0.1, 0.15) is 5.75 Å². The van der Waals surface area contributed by atoms with Gasteiger partial charge in [-0.25, -0.2) is 0 Å². The van der Waals surface area contributed by atoms with Crippen LogP contribution in [0.3, 0.4) is 0 Å². The van der Waals surface area contributed by atoms with Gasteiger partial charge in [-0.15, -0.1) is 0 Å². The van der Waals surface area contributed by atoms with Crippen molar-refractivity contribution in [3.05, 3.63) is 65.7 Å². The molecule has 21 heavy (non-hydrogen) atoms. The maximum Gasteiger partial charge on any atom is 0.119 e. The van der Waals surface area contributed by atoms with Crippen molar-refractivity contribution < 1.29 is 9.84 Å². The number of hydrogen-bond donors (Lipinski definition) is 2. The van der Waals surface area contributed by atoms with Gasteiger partial charge in [-0.2, -0.15) is 0 Å². The zero-order valence-corrected chi connectivity index (χ0v) is 12.2. The van der Waals surface area contributed by atoms with Gasteiger partial charge in [0.25, 0.3) is 0 Å². The SMILES string of the molecule is COc1cccc(C(O)CNC2CC2c2ccccc2)c1. The molecule has 0 bridgehead atoms. The number of rotatable bonds is 6. The number of nitrogens with one attached hydrogen (secondary N) is 1. The molecule has 1 fully saturated rings. The second-order valence-corrected chi connectivity index (χ2v) is 5.56. The first-order chi connectivity index (χ1) is 10.3. The maximum atomic E-state index is 10.3. The molecule has 2 aromatic carbocycles. The van der Waals surface area contributed by atoms with Crippen molar-refractivity contribution in [3.8, 4) is 5.75 Å². The van der Waals surface area contributed by atoms with Crippen molar-refractivity contribution in [2.24, 2.45) is 0 Å². The molecule has 1 aliphatic carbocycles. The Morgan fingerprint density at radius 1 is 1.19 bits per heavy atom. The molecule has 3 atom stereocenters. The molecule has 0 radical (unpaired) electrons. The highest BCUT2D eigenvalue weighted by molar-refractivity contribution is 5.30. The Kier molecular flexibility index (Phi) is 4.23. The summed E-state index contributed by atoms with van der Waals surface area (Å²) < 4.78 is 5.19. The van der Waals surface area contributed by atoms with Crippen molar-refractivity contribution in [1.29, 1.82) is 0 Å². The number of hydrogen-bond acceptors (Lipinski definition) is 3. The van der Waals surface area contributed by atoms with Crippen molar-refractivity contribution in [2.75, 3.05) is 13.7 Å². The van der Waals surface area contributed by atoms with Gasteiger partial charge in [0.15, 0.2) is 0 Å². The smallest absolute Gasteiger partial charge is 0.119 e. The summed E-state index contributed by atoms with van der Waals surface area (Å²) >= 11 is 0. The minimum absolute atomic E-state index is 0.479. The number of methoxy groups -OCH3 is 1. The molecule has 0 aliphatic heterocycles. The Bertz CT molecular complexity index is 585. The molecule has 2 N–H and O–H groups in total. The molecule has 0 heterocycles. The van der Waals surface area contributed by atoms with Gasteiger partial charge >= 0.3 is 0 Å². The van der Waals surface area contributed by atoms with E-state index in [2.05, 4.69) is 29.6 Å². The quantitative estimate of drug-likeness (QED) is 0.856. The molecule has 110 valence electrons. The Morgan fingerprint density at radius 2 is 2.00 bits per heavy atom. The molecule has 0 saturated heterocycles. The summed E-state index contributed by atoms with van der Waals surface area (Å²) in [7, 11) is 1.64. The first-order valence-electron chi connectivity index (χ1n) is 7.38. The van der Waals surface area contributed by atoms with E-state index in [0.29, 0.717) is 18.5 Å². The topological polar surface area (TPSA) is 41.5 Å². The molecule has 3 rings (SSSR count). The Hall–Kier alpha value is -1.84. The molecule has 1 aliphatic rings. The normalized spacial score (nSPS) is 21.8. The van der Waals surface area contributed by atoms with Crippen LogP contribution in [-0.4, -0.2) is 24.8 Å². The van der Waals surface area contributed by atoms with Gasteiger partial charge in [0.05, 0.1) is 13.2 Å². The summed E-state index contributed by atoms with van der Waals surface area (Å²) in [6, 6.07) is 18.6. The Morgan fingerprint density at radius 3 is 2.76 bits per heavy atom. The Labute approximate surface area is 125 Å². The number of ether oxygens (including phenoxy) is 1. The number of aliphatic hydroxyl groups is 1. The lowest BCUT2D eigenvalue weighted by Crippen LogP contribution is -2.24. The summed E-state index contributed by atoms with van der Waals surface area (Å²) in [6.07, 6.45) is 0.645. The molecule has 0 amide bonds. The Balaban J connectivity index is 1.52. The van der Waals surface area contributed by atoms with Crippen LogP contribution < -0.4 is 10.1 Å². The van der Waals surface area contributed by atoms with Crippen molar-refractivity contribution in [3.63, 3.8) is 0 Å². The van der Waals surface area contributed by atoms with Crippen molar-refractivity contribution in [1.82, 2.24) is 5.32 Å². The predicted molar refractivity (Wildman–Crippen MR) is 83.5 cm³/mol. The van der Waals surface area contributed by atoms with Crippen LogP contribution >= 0.6 is 0 Å². The molecular formula is C18H21NO2. The van der Waals surface area contributed by atoms with Crippen LogP contribution in [0, 0.1) is 0 Å². The van der Waals surface area contributed by atoms with E-state index in [4.69, 9.17) is 4.74 Å². The lowest BCUT2D eigenvalue weighted by atomic mass is 10.1. The zero-order valence-electron chi connectivity index (χ0n) is 12.2. The number of aliphatic hydroxyl groups excluding tert-OH is 1. The van der Waals surface area contributed by atoms with Crippen LogP contribution in [0.15, 0.2) is 54.6 Å². The highest BCUT2D eigenvalue weighted by Gasteiger charge is 2.37. The van der Waals surface area contributed by atoms with Crippen molar-refractivity contribution >= 4 is 0 Å². The van der Waals surface area contributed by atoms with Gasteiger partial charge in [-0.3, -0.25) is 0 Å². The first kappa shape index (κ1) is 14.1. The third kappa shape index (κ3) is 3.43. The lowest BCUT2D eigenvalue weighted by Gasteiger charge is -2.13. The third-order valence-electron chi connectivity index (χ3n) is 4.07. The average molecular weight is 283 g/mol. The molecule has 1 saturated carbocycles. The highest BCUT2D eigenvalue weighted by Crippen LogP contribution is 2.40. The van der Waals surface area contributed by atoms with Crippen molar-refractivity contribution in [2.45, 2.75) is 24.5 Å². The van der Waals surface area contributed by atoms with Crippen LogP contribution in [0.2, 0.25) is 0 Å². The van der Waals surface area contributed by atoms with E-state index in [0.717, 1.165) is 17.7 Å². The van der Waals surface area contributed by atoms with Crippen LogP contribution in [0.25, 0.3) is 0 Å². The van der Waals surface area contributed by atoms with Crippen LogP contribution in [0.1, 0.15) is 29.6 Å². The molecule has 3 heteroatoms. The van der Waals surface area contributed by atoms with E-state index in [1.807, 2.05) is 30.3 Å². The summed E-state index contributed by atoms with van der Waals surface area (Å²) in [5.41, 5.74) is 2.27. The molecule has 3 unspecified atom stereocenters. The van der Waals surface area contributed by atoms with Gasteiger partial charge in [-0.1, -0.05) is 42.5 Å².